The maximum Gasteiger partial charge on any atom is 0.00733 e. The molecular formula is C11H22S. The first-order valence-electron chi connectivity index (χ1n) is 5.14. The number of rotatable bonds is 0. The third-order valence-electron chi connectivity index (χ3n) is 4.39. The standard InChI is InChI=1S/C11H22S/c1-6-7(2)9(4)11(12)10(5)8(6)3/h6-12H,1-5H3. The molecule has 0 amide bonds. The summed E-state index contributed by atoms with van der Waals surface area (Å²) in [5.41, 5.74) is 0. The fraction of sp³-hybridized carbons (Fsp3) is 1.00. The lowest BCUT2D eigenvalue weighted by molar-refractivity contribution is 0.0939. The predicted molar refractivity (Wildman–Crippen MR) is 58.6 cm³/mol. The highest BCUT2D eigenvalue weighted by molar-refractivity contribution is 7.81. The van der Waals surface area contributed by atoms with Gasteiger partial charge in [-0.2, -0.15) is 12.6 Å². The van der Waals surface area contributed by atoms with Crippen molar-refractivity contribution in [2.24, 2.45) is 29.6 Å². The van der Waals surface area contributed by atoms with E-state index in [-0.39, 0.29) is 0 Å². The Bertz CT molecular complexity index is 96.6. The van der Waals surface area contributed by atoms with E-state index in [1.807, 2.05) is 0 Å². The topological polar surface area (TPSA) is 0 Å². The fourth-order valence-electron chi connectivity index (χ4n) is 2.54. The minimum absolute atomic E-state index is 0.603. The normalized spacial score (nSPS) is 55.5. The van der Waals surface area contributed by atoms with Gasteiger partial charge in [0.05, 0.1) is 0 Å². The first kappa shape index (κ1) is 10.4. The summed E-state index contributed by atoms with van der Waals surface area (Å²) in [4.78, 5) is 0. The van der Waals surface area contributed by atoms with Gasteiger partial charge in [-0.1, -0.05) is 34.6 Å². The first-order chi connectivity index (χ1) is 5.46. The summed E-state index contributed by atoms with van der Waals surface area (Å²) in [6.07, 6.45) is 0. The van der Waals surface area contributed by atoms with Gasteiger partial charge in [-0.3, -0.25) is 0 Å². The molecule has 72 valence electrons. The van der Waals surface area contributed by atoms with E-state index in [9.17, 15) is 0 Å². The van der Waals surface area contributed by atoms with Crippen molar-refractivity contribution in [3.8, 4) is 0 Å². The van der Waals surface area contributed by atoms with E-state index in [1.165, 1.54) is 0 Å². The van der Waals surface area contributed by atoms with Crippen LogP contribution in [0.1, 0.15) is 34.6 Å². The van der Waals surface area contributed by atoms with Gasteiger partial charge in [0.25, 0.3) is 0 Å². The molecular weight excluding hydrogens is 164 g/mol. The van der Waals surface area contributed by atoms with Gasteiger partial charge in [-0.15, -0.1) is 0 Å². The Morgan fingerprint density at radius 2 is 0.833 bits per heavy atom. The average molecular weight is 186 g/mol. The van der Waals surface area contributed by atoms with Crippen LogP contribution in [-0.2, 0) is 0 Å². The van der Waals surface area contributed by atoms with Crippen LogP contribution in [0.2, 0.25) is 0 Å². The van der Waals surface area contributed by atoms with Gasteiger partial charge < -0.3 is 0 Å². The zero-order chi connectivity index (χ0) is 9.46. The van der Waals surface area contributed by atoms with Crippen molar-refractivity contribution >= 4 is 12.6 Å². The van der Waals surface area contributed by atoms with Gasteiger partial charge in [0.15, 0.2) is 0 Å². The monoisotopic (exact) mass is 186 g/mol. The molecule has 0 aromatic carbocycles. The van der Waals surface area contributed by atoms with Crippen LogP contribution in [0.4, 0.5) is 0 Å². The van der Waals surface area contributed by atoms with E-state index >= 15 is 0 Å². The van der Waals surface area contributed by atoms with E-state index in [0.29, 0.717) is 5.25 Å². The van der Waals surface area contributed by atoms with Crippen LogP contribution in [0.3, 0.4) is 0 Å². The summed E-state index contributed by atoms with van der Waals surface area (Å²) < 4.78 is 0. The van der Waals surface area contributed by atoms with Crippen molar-refractivity contribution in [3.05, 3.63) is 0 Å². The molecule has 1 aliphatic carbocycles. The van der Waals surface area contributed by atoms with Crippen molar-refractivity contribution in [1.29, 1.82) is 0 Å². The van der Waals surface area contributed by atoms with Gasteiger partial charge in [0, 0.05) is 5.25 Å². The minimum Gasteiger partial charge on any atom is -0.175 e. The fourth-order valence-corrected chi connectivity index (χ4v) is 3.08. The predicted octanol–water partition coefficient (Wildman–Crippen LogP) is 3.48. The summed E-state index contributed by atoms with van der Waals surface area (Å²) in [5, 5.41) is 0.603. The van der Waals surface area contributed by atoms with Crippen LogP contribution in [0.25, 0.3) is 0 Å². The van der Waals surface area contributed by atoms with E-state index in [4.69, 9.17) is 12.6 Å². The van der Waals surface area contributed by atoms with Crippen LogP contribution in [0, 0.1) is 29.6 Å². The SMILES string of the molecule is CC1C(C)C(C)C(S)C(C)C1C. The highest BCUT2D eigenvalue weighted by Gasteiger charge is 2.39. The summed E-state index contributed by atoms with van der Waals surface area (Å²) >= 11 is 4.71. The average Bonchev–Trinajstić information content (AvgIpc) is 2.08. The molecule has 0 heterocycles. The molecule has 0 spiro atoms. The second-order valence-corrected chi connectivity index (χ2v) is 5.38. The minimum atomic E-state index is 0.603. The molecule has 0 radical (unpaired) electrons. The maximum absolute atomic E-state index is 4.71. The van der Waals surface area contributed by atoms with Crippen LogP contribution >= 0.6 is 12.6 Å². The van der Waals surface area contributed by atoms with Gasteiger partial charge >= 0.3 is 0 Å². The Morgan fingerprint density at radius 3 is 1.17 bits per heavy atom. The molecule has 1 aliphatic rings. The summed E-state index contributed by atoms with van der Waals surface area (Å²) in [6.45, 7) is 11.8. The summed E-state index contributed by atoms with van der Waals surface area (Å²) in [5.74, 6) is 4.07. The van der Waals surface area contributed by atoms with Gasteiger partial charge in [0.1, 0.15) is 0 Å². The molecule has 0 aliphatic heterocycles. The molecule has 1 fully saturated rings. The summed E-state index contributed by atoms with van der Waals surface area (Å²) in [6, 6.07) is 0. The number of hydrogen-bond donors (Lipinski definition) is 1. The molecule has 0 nitrogen and oxygen atoms in total. The highest BCUT2D eigenvalue weighted by atomic mass is 32.1. The van der Waals surface area contributed by atoms with Crippen LogP contribution in [0.5, 0.6) is 0 Å². The molecule has 12 heavy (non-hydrogen) atoms. The molecule has 0 saturated heterocycles. The Kier molecular flexibility index (Phi) is 3.14. The Labute approximate surface area is 82.5 Å². The van der Waals surface area contributed by atoms with E-state index in [2.05, 4.69) is 34.6 Å². The number of hydrogen-bond acceptors (Lipinski definition) is 1. The van der Waals surface area contributed by atoms with Crippen LogP contribution in [-0.4, -0.2) is 5.25 Å². The van der Waals surface area contributed by atoms with Crippen molar-refractivity contribution in [3.63, 3.8) is 0 Å². The maximum atomic E-state index is 4.71. The second-order valence-electron chi connectivity index (χ2n) is 4.79. The Morgan fingerprint density at radius 1 is 0.583 bits per heavy atom. The third kappa shape index (κ3) is 1.53. The molecule has 0 N–H and O–H groups in total. The van der Waals surface area contributed by atoms with Gasteiger partial charge in [-0.25, -0.2) is 0 Å². The first-order valence-corrected chi connectivity index (χ1v) is 5.66. The van der Waals surface area contributed by atoms with Crippen LogP contribution < -0.4 is 0 Å². The molecule has 0 bridgehead atoms. The lowest BCUT2D eigenvalue weighted by Gasteiger charge is -2.45. The zero-order valence-electron chi connectivity index (χ0n) is 8.91. The lowest BCUT2D eigenvalue weighted by atomic mass is 9.64. The van der Waals surface area contributed by atoms with Gasteiger partial charge in [-0.05, 0) is 29.6 Å². The van der Waals surface area contributed by atoms with Crippen molar-refractivity contribution in [2.75, 3.05) is 0 Å². The quantitative estimate of drug-likeness (QED) is 0.550. The zero-order valence-corrected chi connectivity index (χ0v) is 9.81. The van der Waals surface area contributed by atoms with Crippen molar-refractivity contribution in [2.45, 2.75) is 39.9 Å². The number of thiol groups is 1. The van der Waals surface area contributed by atoms with Crippen LogP contribution in [0.15, 0.2) is 0 Å². The molecule has 1 heteroatoms. The molecule has 0 aromatic heterocycles. The Balaban J connectivity index is 2.76. The molecule has 0 aromatic rings. The lowest BCUT2D eigenvalue weighted by Crippen LogP contribution is -2.41. The molecule has 4 unspecified atom stereocenters. The van der Waals surface area contributed by atoms with E-state index in [1.54, 1.807) is 0 Å². The van der Waals surface area contributed by atoms with Crippen molar-refractivity contribution in [1.82, 2.24) is 0 Å². The molecule has 1 rings (SSSR count). The second kappa shape index (κ2) is 3.61. The molecule has 4 atom stereocenters. The van der Waals surface area contributed by atoms with E-state index in [0.717, 1.165) is 29.6 Å². The Hall–Kier alpha value is 0.350. The summed E-state index contributed by atoms with van der Waals surface area (Å²) in [7, 11) is 0. The van der Waals surface area contributed by atoms with Gasteiger partial charge in [0.2, 0.25) is 0 Å². The highest BCUT2D eigenvalue weighted by Crippen LogP contribution is 2.43. The molecule has 1 saturated carbocycles. The van der Waals surface area contributed by atoms with Crippen molar-refractivity contribution < 1.29 is 0 Å². The smallest absolute Gasteiger partial charge is 0.00733 e. The third-order valence-corrected chi connectivity index (χ3v) is 5.34. The largest absolute Gasteiger partial charge is 0.175 e. The van der Waals surface area contributed by atoms with E-state index < -0.39 is 0 Å².